The Morgan fingerprint density at radius 3 is 2.80 bits per heavy atom. The van der Waals surface area contributed by atoms with Crippen molar-refractivity contribution in [3.05, 3.63) is 23.8 Å². The Labute approximate surface area is 126 Å². The first-order valence-corrected chi connectivity index (χ1v) is 8.50. The molecule has 108 valence electrons. The van der Waals surface area contributed by atoms with Gasteiger partial charge in [0.05, 0.1) is 11.3 Å². The van der Waals surface area contributed by atoms with Crippen molar-refractivity contribution in [1.82, 2.24) is 4.90 Å². The van der Waals surface area contributed by atoms with Crippen LogP contribution in [0.5, 0.6) is 0 Å². The molecule has 2 rings (SSSR count). The molecule has 1 aromatic rings. The van der Waals surface area contributed by atoms with Gasteiger partial charge in [-0.05, 0) is 50.2 Å². The van der Waals surface area contributed by atoms with Crippen LogP contribution < -0.4 is 5.32 Å². The molecule has 0 aliphatic carbocycles. The lowest BCUT2D eigenvalue weighted by molar-refractivity contribution is 0.294. The Morgan fingerprint density at radius 2 is 2.15 bits per heavy atom. The van der Waals surface area contributed by atoms with E-state index in [1.54, 1.807) is 11.8 Å². The number of hydrogen-bond acceptors (Lipinski definition) is 4. The molecule has 20 heavy (non-hydrogen) atoms. The lowest BCUT2D eigenvalue weighted by atomic mass is 10.1. The Balaban J connectivity index is 1.91. The highest BCUT2D eigenvalue weighted by Crippen LogP contribution is 2.26. The van der Waals surface area contributed by atoms with E-state index in [0.29, 0.717) is 5.92 Å². The second-order valence-corrected chi connectivity index (χ2v) is 6.34. The van der Waals surface area contributed by atoms with E-state index in [0.717, 1.165) is 29.2 Å². The van der Waals surface area contributed by atoms with Crippen molar-refractivity contribution in [2.24, 2.45) is 5.92 Å². The van der Waals surface area contributed by atoms with E-state index in [1.165, 1.54) is 25.9 Å². The maximum absolute atomic E-state index is 9.31. The molecule has 1 saturated heterocycles. The lowest BCUT2D eigenvalue weighted by Gasteiger charge is -2.21. The molecule has 0 bridgehead atoms. The predicted molar refractivity (Wildman–Crippen MR) is 86.3 cm³/mol. The largest absolute Gasteiger partial charge is 0.384 e. The van der Waals surface area contributed by atoms with Gasteiger partial charge in [0.15, 0.2) is 0 Å². The van der Waals surface area contributed by atoms with Crippen LogP contribution in [0.2, 0.25) is 0 Å². The highest BCUT2D eigenvalue weighted by molar-refractivity contribution is 7.98. The molecule has 1 aromatic carbocycles. The molecule has 1 heterocycles. The van der Waals surface area contributed by atoms with Crippen molar-refractivity contribution in [1.29, 1.82) is 5.26 Å². The van der Waals surface area contributed by atoms with Gasteiger partial charge in [-0.1, -0.05) is 13.0 Å². The quantitative estimate of drug-likeness (QED) is 0.814. The van der Waals surface area contributed by atoms with Gasteiger partial charge in [0.25, 0.3) is 0 Å². The molecule has 1 fully saturated rings. The van der Waals surface area contributed by atoms with Crippen LogP contribution in [0.15, 0.2) is 23.1 Å². The zero-order chi connectivity index (χ0) is 14.4. The van der Waals surface area contributed by atoms with E-state index in [-0.39, 0.29) is 0 Å². The number of anilines is 1. The Hall–Kier alpha value is -1.18. The fourth-order valence-corrected chi connectivity index (χ4v) is 3.29. The van der Waals surface area contributed by atoms with Crippen molar-refractivity contribution in [2.75, 3.05) is 37.8 Å². The van der Waals surface area contributed by atoms with Crippen molar-refractivity contribution >= 4 is 17.4 Å². The summed E-state index contributed by atoms with van der Waals surface area (Å²) in [6, 6.07) is 8.34. The Bertz CT molecular complexity index is 475. The van der Waals surface area contributed by atoms with Gasteiger partial charge in [-0.3, -0.25) is 0 Å². The smallest absolute Gasteiger partial charge is 0.102 e. The van der Waals surface area contributed by atoms with Gasteiger partial charge in [-0.2, -0.15) is 5.26 Å². The van der Waals surface area contributed by atoms with Gasteiger partial charge < -0.3 is 10.2 Å². The maximum Gasteiger partial charge on any atom is 0.102 e. The third kappa shape index (κ3) is 3.91. The summed E-state index contributed by atoms with van der Waals surface area (Å²) in [6.07, 6.45) is 4.69. The molecule has 0 spiro atoms. The van der Waals surface area contributed by atoms with Gasteiger partial charge in [0, 0.05) is 18.0 Å². The highest BCUT2D eigenvalue weighted by Gasteiger charge is 2.15. The van der Waals surface area contributed by atoms with Crippen LogP contribution in [0, 0.1) is 17.2 Å². The molecule has 1 aliphatic heterocycles. The molecule has 0 amide bonds. The fourth-order valence-electron chi connectivity index (χ4n) is 2.72. The number of rotatable bonds is 6. The van der Waals surface area contributed by atoms with E-state index in [4.69, 9.17) is 0 Å². The maximum atomic E-state index is 9.31. The van der Waals surface area contributed by atoms with E-state index in [2.05, 4.69) is 23.2 Å². The minimum absolute atomic E-state index is 0.595. The minimum Gasteiger partial charge on any atom is -0.384 e. The number of nitrogens with one attached hydrogen (secondary N) is 1. The molecule has 0 radical (unpaired) electrons. The van der Waals surface area contributed by atoms with E-state index < -0.39 is 0 Å². The van der Waals surface area contributed by atoms with Gasteiger partial charge in [0.2, 0.25) is 0 Å². The summed E-state index contributed by atoms with van der Waals surface area (Å²) in [6.45, 7) is 6.83. The molecule has 0 aromatic heterocycles. The number of thioether (sulfide) groups is 1. The third-order valence-corrected chi connectivity index (χ3v) is 4.55. The summed E-state index contributed by atoms with van der Waals surface area (Å²) >= 11 is 1.62. The average Bonchev–Trinajstić information content (AvgIpc) is 2.97. The van der Waals surface area contributed by atoms with Gasteiger partial charge in [-0.25, -0.2) is 0 Å². The average molecular weight is 289 g/mol. The fraction of sp³-hybridized carbons (Fsp3) is 0.562. The summed E-state index contributed by atoms with van der Waals surface area (Å²) in [4.78, 5) is 3.58. The molecular formula is C16H23N3S. The molecule has 4 heteroatoms. The zero-order valence-electron chi connectivity index (χ0n) is 12.4. The van der Waals surface area contributed by atoms with Crippen LogP contribution >= 0.6 is 11.8 Å². The summed E-state index contributed by atoms with van der Waals surface area (Å²) < 4.78 is 0. The van der Waals surface area contributed by atoms with Gasteiger partial charge >= 0.3 is 0 Å². The Morgan fingerprint density at radius 1 is 1.40 bits per heavy atom. The first-order chi connectivity index (χ1) is 9.74. The van der Waals surface area contributed by atoms with Crippen molar-refractivity contribution in [3.8, 4) is 6.07 Å². The highest BCUT2D eigenvalue weighted by atomic mass is 32.2. The minimum atomic E-state index is 0.595. The summed E-state index contributed by atoms with van der Waals surface area (Å²) in [5.74, 6) is 0.595. The van der Waals surface area contributed by atoms with Crippen LogP contribution in [0.4, 0.5) is 5.69 Å². The topological polar surface area (TPSA) is 39.1 Å². The lowest BCUT2D eigenvalue weighted by Crippen LogP contribution is -2.29. The second-order valence-electron chi connectivity index (χ2n) is 5.49. The summed E-state index contributed by atoms with van der Waals surface area (Å²) in [5.41, 5.74) is 1.74. The third-order valence-electron chi connectivity index (χ3n) is 3.77. The first-order valence-electron chi connectivity index (χ1n) is 7.28. The summed E-state index contributed by atoms with van der Waals surface area (Å²) in [5, 5.41) is 12.8. The molecule has 0 saturated carbocycles. The summed E-state index contributed by atoms with van der Waals surface area (Å²) in [7, 11) is 0. The zero-order valence-corrected chi connectivity index (χ0v) is 13.2. The molecule has 3 nitrogen and oxygen atoms in total. The van der Waals surface area contributed by atoms with Crippen molar-refractivity contribution in [3.63, 3.8) is 0 Å². The van der Waals surface area contributed by atoms with Crippen LogP contribution in [-0.2, 0) is 0 Å². The molecule has 1 N–H and O–H groups in total. The first kappa shape index (κ1) is 15.2. The standard InChI is InChI=1S/C16H23N3S/c1-13(12-19-8-3-4-9-19)11-18-15-6-5-7-16(20-2)14(15)10-17/h5-7,13,18H,3-4,8-9,11-12H2,1-2H3. The van der Waals surface area contributed by atoms with Crippen LogP contribution in [0.1, 0.15) is 25.3 Å². The number of likely N-dealkylation sites (tertiary alicyclic amines) is 1. The normalized spacial score (nSPS) is 16.9. The molecule has 1 aliphatic rings. The van der Waals surface area contributed by atoms with Gasteiger partial charge in [-0.15, -0.1) is 11.8 Å². The monoisotopic (exact) mass is 289 g/mol. The predicted octanol–water partition coefficient (Wildman–Crippen LogP) is 3.42. The van der Waals surface area contributed by atoms with Crippen molar-refractivity contribution < 1.29 is 0 Å². The number of nitriles is 1. The van der Waals surface area contributed by atoms with Crippen LogP contribution in [-0.4, -0.2) is 37.3 Å². The number of nitrogens with zero attached hydrogens (tertiary/aromatic N) is 2. The number of hydrogen-bond donors (Lipinski definition) is 1. The second kappa shape index (κ2) is 7.56. The Kier molecular flexibility index (Phi) is 5.75. The molecular weight excluding hydrogens is 266 g/mol. The molecule has 1 unspecified atom stereocenters. The van der Waals surface area contributed by atoms with E-state index in [9.17, 15) is 5.26 Å². The van der Waals surface area contributed by atoms with E-state index >= 15 is 0 Å². The van der Waals surface area contributed by atoms with E-state index in [1.807, 2.05) is 24.5 Å². The molecule has 1 atom stereocenters. The van der Waals surface area contributed by atoms with Crippen LogP contribution in [0.3, 0.4) is 0 Å². The van der Waals surface area contributed by atoms with Crippen LogP contribution in [0.25, 0.3) is 0 Å². The SMILES string of the molecule is CSc1cccc(NCC(C)CN2CCCC2)c1C#N. The van der Waals surface area contributed by atoms with Crippen molar-refractivity contribution in [2.45, 2.75) is 24.7 Å². The number of benzene rings is 1. The van der Waals surface area contributed by atoms with Gasteiger partial charge in [0.1, 0.15) is 6.07 Å².